The zero-order chi connectivity index (χ0) is 57.8. The molecule has 0 aliphatic heterocycles. The maximum absolute atomic E-state index is 12.9. The van der Waals surface area contributed by atoms with Crippen molar-refractivity contribution in [2.45, 2.75) is 329 Å². The molecule has 0 aliphatic rings. The van der Waals surface area contributed by atoms with Gasteiger partial charge in [-0.15, -0.1) is 0 Å². The van der Waals surface area contributed by atoms with Crippen LogP contribution in [0.2, 0.25) is 0 Å². The van der Waals surface area contributed by atoms with Gasteiger partial charge < -0.3 is 14.2 Å². The van der Waals surface area contributed by atoms with Gasteiger partial charge in [-0.05, 0) is 103 Å². The van der Waals surface area contributed by atoms with Crippen molar-refractivity contribution < 1.29 is 28.6 Å². The Kier molecular flexibility index (Phi) is 64.3. The number of hydrogen-bond donors (Lipinski definition) is 0. The van der Waals surface area contributed by atoms with Crippen LogP contribution in [0, 0.1) is 0 Å². The number of rotatable bonds is 61. The van der Waals surface area contributed by atoms with Gasteiger partial charge in [0.15, 0.2) is 6.10 Å². The van der Waals surface area contributed by atoms with Crippen molar-refractivity contribution >= 4 is 17.9 Å². The highest BCUT2D eigenvalue weighted by Crippen LogP contribution is 2.17. The van der Waals surface area contributed by atoms with E-state index in [0.717, 1.165) is 109 Å². The highest BCUT2D eigenvalue weighted by atomic mass is 16.6. The first kappa shape index (κ1) is 76.1. The average Bonchev–Trinajstić information content (AvgIpc) is 3.46. The summed E-state index contributed by atoms with van der Waals surface area (Å²) < 4.78 is 16.9. The fraction of sp³-hybridized carbons (Fsp3) is 0.716. The topological polar surface area (TPSA) is 78.9 Å². The Bertz CT molecular complexity index is 1610. The highest BCUT2D eigenvalue weighted by Gasteiger charge is 2.19. The van der Waals surface area contributed by atoms with Crippen molar-refractivity contribution in [3.05, 3.63) is 109 Å². The van der Waals surface area contributed by atoms with E-state index in [0.29, 0.717) is 19.3 Å². The number of hydrogen-bond acceptors (Lipinski definition) is 6. The van der Waals surface area contributed by atoms with Crippen LogP contribution in [0.5, 0.6) is 0 Å². The van der Waals surface area contributed by atoms with E-state index >= 15 is 0 Å². The molecule has 0 saturated carbocycles. The number of allylic oxidation sites excluding steroid dienone is 18. The lowest BCUT2D eigenvalue weighted by Gasteiger charge is -2.18. The van der Waals surface area contributed by atoms with E-state index in [4.69, 9.17) is 14.2 Å². The van der Waals surface area contributed by atoms with Crippen LogP contribution in [-0.2, 0) is 28.6 Å². The number of unbranched alkanes of at least 4 members (excludes halogenated alkanes) is 32. The van der Waals surface area contributed by atoms with Gasteiger partial charge in [0.1, 0.15) is 13.2 Å². The Balaban J connectivity index is 4.12. The molecule has 0 aromatic carbocycles. The maximum atomic E-state index is 12.9. The molecule has 1 atom stereocenters. The van der Waals surface area contributed by atoms with Gasteiger partial charge in [0, 0.05) is 19.3 Å². The van der Waals surface area contributed by atoms with Crippen molar-refractivity contribution in [3.8, 4) is 0 Å². The molecule has 6 heteroatoms. The quantitative estimate of drug-likeness (QED) is 0.0261. The Morgan fingerprint density at radius 2 is 0.487 bits per heavy atom. The molecule has 0 rings (SSSR count). The molecule has 0 saturated heterocycles. The summed E-state index contributed by atoms with van der Waals surface area (Å²) in [5, 5.41) is 0. The van der Waals surface area contributed by atoms with E-state index in [2.05, 4.69) is 130 Å². The Labute approximate surface area is 495 Å². The molecule has 0 radical (unpaired) electrons. The molecule has 0 amide bonds. The van der Waals surface area contributed by atoms with Gasteiger partial charge >= 0.3 is 17.9 Å². The van der Waals surface area contributed by atoms with Crippen LogP contribution in [0.25, 0.3) is 0 Å². The molecule has 458 valence electrons. The summed E-state index contributed by atoms with van der Waals surface area (Å²) in [7, 11) is 0. The summed E-state index contributed by atoms with van der Waals surface area (Å²) in [5.74, 6) is -0.920. The van der Waals surface area contributed by atoms with Gasteiger partial charge in [0.05, 0.1) is 0 Å². The molecule has 0 spiro atoms. The third-order valence-electron chi connectivity index (χ3n) is 14.5. The van der Waals surface area contributed by atoms with Gasteiger partial charge in [-0.1, -0.05) is 310 Å². The summed E-state index contributed by atoms with van der Waals surface area (Å²) in [5.41, 5.74) is 0. The standard InChI is InChI=1S/C74H126O6/c1-4-7-10-13-16-19-22-25-27-28-29-30-31-32-33-34-35-36-37-38-39-40-41-42-43-44-45-46-48-49-52-55-58-61-64-67-73(76)79-70-71(69-78-72(75)66-63-60-57-54-51-24-21-18-15-12-9-6-3)80-74(77)68-65-62-59-56-53-50-47-26-23-20-17-14-11-8-5-2/h7-8,10-11,16-17,19-20,25-27,29-30,32-33,47,53,56,71H,4-6,9,12-15,18,21-24,28,31,34-46,48-52,54-55,57-70H2,1-3H3/b10-7-,11-8-,19-16-,20-17-,27-25-,30-29-,33-32-,47-26-,56-53-. The highest BCUT2D eigenvalue weighted by molar-refractivity contribution is 5.71. The molecule has 6 nitrogen and oxygen atoms in total. The van der Waals surface area contributed by atoms with E-state index in [9.17, 15) is 14.4 Å². The lowest BCUT2D eigenvalue weighted by Crippen LogP contribution is -2.30. The van der Waals surface area contributed by atoms with E-state index in [1.54, 1.807) is 0 Å². The van der Waals surface area contributed by atoms with Crippen molar-refractivity contribution in [2.75, 3.05) is 13.2 Å². The minimum absolute atomic E-state index is 0.0902. The first-order valence-corrected chi connectivity index (χ1v) is 33.9. The fourth-order valence-corrected chi connectivity index (χ4v) is 9.52. The summed E-state index contributed by atoms with van der Waals surface area (Å²) in [6, 6.07) is 0. The number of carbonyl (C=O) groups is 3. The molecule has 0 bridgehead atoms. The Hall–Kier alpha value is -3.93. The zero-order valence-electron chi connectivity index (χ0n) is 52.6. The first-order valence-electron chi connectivity index (χ1n) is 33.9. The van der Waals surface area contributed by atoms with Crippen LogP contribution in [0.4, 0.5) is 0 Å². The number of esters is 3. The predicted octanol–water partition coefficient (Wildman–Crippen LogP) is 23.4. The third kappa shape index (κ3) is 64.9. The lowest BCUT2D eigenvalue weighted by atomic mass is 10.0. The van der Waals surface area contributed by atoms with E-state index in [-0.39, 0.29) is 37.5 Å². The minimum atomic E-state index is -0.797. The summed E-state index contributed by atoms with van der Waals surface area (Å²) in [4.78, 5) is 38.2. The molecule has 0 heterocycles. The van der Waals surface area contributed by atoms with E-state index in [1.165, 1.54) is 167 Å². The van der Waals surface area contributed by atoms with Crippen LogP contribution in [-0.4, -0.2) is 37.2 Å². The SMILES string of the molecule is CC/C=C\C/C=C\C/C=C\C/C=C\C/C=C\CCCCCCCCCCCCCCCCCCCCCC(=O)OCC(COC(=O)CCCCCCCCCCCCCC)OC(=O)CCCC/C=C\C/C=C\C/C=C\C/C=C\CC. The molecule has 1 unspecified atom stereocenters. The van der Waals surface area contributed by atoms with Gasteiger partial charge in [0.25, 0.3) is 0 Å². The molecular formula is C74H126O6. The van der Waals surface area contributed by atoms with Gasteiger partial charge in [-0.3, -0.25) is 14.4 Å². The number of carbonyl (C=O) groups excluding carboxylic acids is 3. The van der Waals surface area contributed by atoms with E-state index in [1.807, 2.05) is 0 Å². The van der Waals surface area contributed by atoms with Crippen LogP contribution >= 0.6 is 0 Å². The number of ether oxygens (including phenoxy) is 3. The Morgan fingerprint density at radius 3 is 0.787 bits per heavy atom. The smallest absolute Gasteiger partial charge is 0.306 e. The van der Waals surface area contributed by atoms with E-state index < -0.39 is 6.10 Å². The van der Waals surface area contributed by atoms with Crippen LogP contribution < -0.4 is 0 Å². The largest absolute Gasteiger partial charge is 0.462 e. The predicted molar refractivity (Wildman–Crippen MR) is 348 cm³/mol. The molecule has 0 aliphatic carbocycles. The fourth-order valence-electron chi connectivity index (χ4n) is 9.52. The molecule has 0 N–H and O–H groups in total. The maximum Gasteiger partial charge on any atom is 0.306 e. The van der Waals surface area contributed by atoms with Crippen molar-refractivity contribution in [1.29, 1.82) is 0 Å². The van der Waals surface area contributed by atoms with Crippen LogP contribution in [0.1, 0.15) is 323 Å². The van der Waals surface area contributed by atoms with Crippen LogP contribution in [0.15, 0.2) is 109 Å². The summed E-state index contributed by atoms with van der Waals surface area (Å²) in [6.07, 6.45) is 92.7. The molecule has 0 fully saturated rings. The summed E-state index contributed by atoms with van der Waals surface area (Å²) >= 11 is 0. The third-order valence-corrected chi connectivity index (χ3v) is 14.5. The minimum Gasteiger partial charge on any atom is -0.462 e. The second kappa shape index (κ2) is 67.6. The second-order valence-electron chi connectivity index (χ2n) is 22.3. The van der Waals surface area contributed by atoms with Gasteiger partial charge in [-0.25, -0.2) is 0 Å². The van der Waals surface area contributed by atoms with Crippen molar-refractivity contribution in [1.82, 2.24) is 0 Å². The van der Waals surface area contributed by atoms with Crippen molar-refractivity contribution in [2.24, 2.45) is 0 Å². The molecule has 0 aromatic heterocycles. The lowest BCUT2D eigenvalue weighted by molar-refractivity contribution is -0.167. The van der Waals surface area contributed by atoms with Crippen molar-refractivity contribution in [3.63, 3.8) is 0 Å². The normalized spacial score (nSPS) is 12.8. The van der Waals surface area contributed by atoms with Gasteiger partial charge in [0.2, 0.25) is 0 Å². The molecule has 80 heavy (non-hydrogen) atoms. The molecular weight excluding hydrogens is 985 g/mol. The molecule has 0 aromatic rings. The second-order valence-corrected chi connectivity index (χ2v) is 22.3. The average molecular weight is 1110 g/mol. The Morgan fingerprint density at radius 1 is 0.263 bits per heavy atom. The van der Waals surface area contributed by atoms with Crippen LogP contribution in [0.3, 0.4) is 0 Å². The zero-order valence-corrected chi connectivity index (χ0v) is 52.6. The summed E-state index contributed by atoms with van der Waals surface area (Å²) in [6.45, 7) is 6.40. The van der Waals surface area contributed by atoms with Gasteiger partial charge in [-0.2, -0.15) is 0 Å². The first-order chi connectivity index (χ1) is 39.5. The monoisotopic (exact) mass is 1110 g/mol.